The molecule has 0 saturated heterocycles. The molecule has 0 radical (unpaired) electrons. The van der Waals surface area contributed by atoms with E-state index in [2.05, 4.69) is 41.5 Å². The van der Waals surface area contributed by atoms with Gasteiger partial charge in [0.25, 0.3) is 0 Å². The minimum atomic E-state index is -4.94. The number of carbonyl (C=O) groups is 4. The molecule has 0 amide bonds. The van der Waals surface area contributed by atoms with Crippen LogP contribution in [0.25, 0.3) is 0 Å². The van der Waals surface area contributed by atoms with Gasteiger partial charge in [-0.3, -0.25) is 37.3 Å². The Labute approximate surface area is 498 Å². The molecule has 19 heteroatoms. The van der Waals surface area contributed by atoms with Crippen molar-refractivity contribution in [3.05, 3.63) is 0 Å². The van der Waals surface area contributed by atoms with E-state index in [0.717, 1.165) is 102 Å². The van der Waals surface area contributed by atoms with E-state index in [4.69, 9.17) is 37.0 Å². The van der Waals surface area contributed by atoms with E-state index in [1.807, 2.05) is 0 Å². The fraction of sp³-hybridized carbons (Fsp3) is 0.937. The molecule has 82 heavy (non-hydrogen) atoms. The lowest BCUT2D eigenvalue weighted by atomic mass is 10.0. The summed E-state index contributed by atoms with van der Waals surface area (Å²) >= 11 is 0. The topological polar surface area (TPSA) is 237 Å². The van der Waals surface area contributed by atoms with Gasteiger partial charge < -0.3 is 33.8 Å². The summed E-state index contributed by atoms with van der Waals surface area (Å²) in [5.41, 5.74) is 0. The third-order valence-corrected chi connectivity index (χ3v) is 16.4. The maximum atomic E-state index is 13.0. The summed E-state index contributed by atoms with van der Waals surface area (Å²) in [6.07, 6.45) is 37.6. The second-order valence-corrected chi connectivity index (χ2v) is 26.7. The fourth-order valence-corrected chi connectivity index (χ4v) is 10.9. The number of phosphoric acid groups is 2. The van der Waals surface area contributed by atoms with Gasteiger partial charge >= 0.3 is 39.5 Å². The van der Waals surface area contributed by atoms with Crippen molar-refractivity contribution in [1.29, 1.82) is 0 Å². The van der Waals surface area contributed by atoms with Gasteiger partial charge in [0.1, 0.15) is 19.3 Å². The van der Waals surface area contributed by atoms with Gasteiger partial charge in [0.15, 0.2) is 12.2 Å². The van der Waals surface area contributed by atoms with Crippen molar-refractivity contribution in [3.63, 3.8) is 0 Å². The summed E-state index contributed by atoms with van der Waals surface area (Å²) in [6, 6.07) is 0. The van der Waals surface area contributed by atoms with Crippen LogP contribution in [0.3, 0.4) is 0 Å². The second-order valence-electron chi connectivity index (χ2n) is 23.7. The van der Waals surface area contributed by atoms with E-state index >= 15 is 0 Å². The smallest absolute Gasteiger partial charge is 0.462 e. The molecule has 0 heterocycles. The van der Waals surface area contributed by atoms with E-state index in [1.54, 1.807) is 0 Å². The van der Waals surface area contributed by atoms with Crippen molar-refractivity contribution in [3.8, 4) is 0 Å². The Kier molecular flexibility index (Phi) is 54.3. The van der Waals surface area contributed by atoms with Crippen LogP contribution in [-0.2, 0) is 65.4 Å². The Morgan fingerprint density at radius 3 is 0.829 bits per heavy atom. The third-order valence-electron chi connectivity index (χ3n) is 14.5. The largest absolute Gasteiger partial charge is 0.472 e. The third kappa shape index (κ3) is 57.2. The van der Waals surface area contributed by atoms with Gasteiger partial charge in [-0.25, -0.2) is 9.13 Å². The molecule has 5 atom stereocenters. The van der Waals surface area contributed by atoms with Crippen molar-refractivity contribution in [2.24, 2.45) is 11.8 Å². The van der Waals surface area contributed by atoms with E-state index in [1.165, 1.54) is 128 Å². The number of aliphatic hydroxyl groups excluding tert-OH is 1. The van der Waals surface area contributed by atoms with Crippen molar-refractivity contribution >= 4 is 39.5 Å². The first-order valence-corrected chi connectivity index (χ1v) is 36.0. The first kappa shape index (κ1) is 80.1. The van der Waals surface area contributed by atoms with Crippen LogP contribution in [0.5, 0.6) is 0 Å². The summed E-state index contributed by atoms with van der Waals surface area (Å²) in [4.78, 5) is 72.1. The summed E-state index contributed by atoms with van der Waals surface area (Å²) in [6.45, 7) is 9.41. The lowest BCUT2D eigenvalue weighted by molar-refractivity contribution is -0.161. The van der Waals surface area contributed by atoms with Gasteiger partial charge in [-0.15, -0.1) is 0 Å². The fourth-order valence-electron chi connectivity index (χ4n) is 9.35. The molecule has 0 rings (SSSR count). The normalized spacial score (nSPS) is 14.3. The summed E-state index contributed by atoms with van der Waals surface area (Å²) in [7, 11) is -9.88. The molecular weight excluding hydrogens is 1090 g/mol. The Morgan fingerprint density at radius 2 is 0.561 bits per heavy atom. The SMILES string of the molecule is CCCCCCCCCCCC(=O)OC[C@H](COP(=O)(O)OC[C@H](O)COP(=O)(O)OC[C@@H](COC(=O)CCCCCCCCCCCC(C)C)OC(=O)CCCCCCCCCCCC(C)C)OC(=O)CCCCCCCCCCC. The predicted molar refractivity (Wildman–Crippen MR) is 326 cm³/mol. The molecule has 0 aromatic carbocycles. The number of rotatable bonds is 62. The molecule has 0 fully saturated rings. The number of esters is 4. The highest BCUT2D eigenvalue weighted by Gasteiger charge is 2.30. The molecule has 17 nitrogen and oxygen atoms in total. The molecule has 0 saturated carbocycles. The molecule has 0 aliphatic heterocycles. The molecule has 0 aromatic heterocycles. The van der Waals surface area contributed by atoms with E-state index < -0.39 is 97.5 Å². The van der Waals surface area contributed by atoms with Crippen molar-refractivity contribution < 1.29 is 80.2 Å². The molecule has 2 unspecified atom stereocenters. The standard InChI is InChI=1S/C63H122O17P2/c1-7-9-11-13-15-19-27-33-39-45-60(65)73-51-58(79-62(67)47-41-35-29-20-16-14-12-10-8-2)53-77-81(69,70)75-49-57(64)50-76-82(71,72)78-54-59(80-63(68)48-42-36-30-24-18-22-26-32-38-44-56(5)6)52-74-61(66)46-40-34-28-23-17-21-25-31-37-43-55(3)4/h55-59,64H,7-54H2,1-6H3,(H,69,70)(H,71,72)/t57-,58+,59+/m0/s1. The van der Waals surface area contributed by atoms with Crippen LogP contribution >= 0.6 is 15.6 Å². The minimum absolute atomic E-state index is 0.105. The predicted octanol–water partition coefficient (Wildman–Crippen LogP) is 17.3. The number of carbonyl (C=O) groups excluding carboxylic acids is 4. The summed E-state index contributed by atoms with van der Waals surface area (Å²) in [5.74, 6) is -0.657. The van der Waals surface area contributed by atoms with Crippen LogP contribution in [0.1, 0.15) is 311 Å². The average Bonchev–Trinajstić information content (AvgIpc) is 3.43. The van der Waals surface area contributed by atoms with E-state index in [9.17, 15) is 43.2 Å². The molecule has 0 aromatic rings. The van der Waals surface area contributed by atoms with Crippen LogP contribution in [-0.4, -0.2) is 96.7 Å². The van der Waals surface area contributed by atoms with E-state index in [0.29, 0.717) is 25.7 Å². The van der Waals surface area contributed by atoms with Crippen molar-refractivity contribution in [2.75, 3.05) is 39.6 Å². The Bertz CT molecular complexity index is 1620. The van der Waals surface area contributed by atoms with Gasteiger partial charge in [0, 0.05) is 25.7 Å². The highest BCUT2D eigenvalue weighted by atomic mass is 31.2. The quantitative estimate of drug-likeness (QED) is 0.0222. The Morgan fingerprint density at radius 1 is 0.329 bits per heavy atom. The Hall–Kier alpha value is -1.94. The molecule has 0 aliphatic rings. The number of aliphatic hydroxyl groups is 1. The minimum Gasteiger partial charge on any atom is -0.462 e. The summed E-state index contributed by atoms with van der Waals surface area (Å²) in [5, 5.41) is 10.5. The van der Waals surface area contributed by atoms with E-state index in [-0.39, 0.29) is 25.7 Å². The number of ether oxygens (including phenoxy) is 4. The van der Waals surface area contributed by atoms with Crippen LogP contribution in [0.15, 0.2) is 0 Å². The number of hydrogen-bond acceptors (Lipinski definition) is 15. The molecule has 0 aliphatic carbocycles. The zero-order chi connectivity index (χ0) is 60.8. The molecule has 486 valence electrons. The van der Waals surface area contributed by atoms with Crippen LogP contribution in [0.4, 0.5) is 0 Å². The zero-order valence-corrected chi connectivity index (χ0v) is 54.6. The number of unbranched alkanes of at least 4 members (excludes halogenated alkanes) is 32. The van der Waals surface area contributed by atoms with Gasteiger partial charge in [0.05, 0.1) is 26.4 Å². The maximum absolute atomic E-state index is 13.0. The first-order valence-electron chi connectivity index (χ1n) is 33.0. The lowest BCUT2D eigenvalue weighted by Gasteiger charge is -2.21. The van der Waals surface area contributed by atoms with Crippen molar-refractivity contribution in [2.45, 2.75) is 330 Å². The molecule has 0 spiro atoms. The first-order chi connectivity index (χ1) is 39.4. The van der Waals surface area contributed by atoms with Crippen LogP contribution in [0.2, 0.25) is 0 Å². The molecule has 3 N–H and O–H groups in total. The van der Waals surface area contributed by atoms with Crippen LogP contribution in [0, 0.1) is 11.8 Å². The van der Waals surface area contributed by atoms with Gasteiger partial charge in [-0.05, 0) is 37.5 Å². The summed E-state index contributed by atoms with van der Waals surface area (Å²) < 4.78 is 67.9. The second kappa shape index (κ2) is 55.6. The van der Waals surface area contributed by atoms with Crippen LogP contribution < -0.4 is 0 Å². The zero-order valence-electron chi connectivity index (χ0n) is 52.8. The van der Waals surface area contributed by atoms with Gasteiger partial charge in [-0.2, -0.15) is 0 Å². The molecule has 0 bridgehead atoms. The highest BCUT2D eigenvalue weighted by Crippen LogP contribution is 2.45. The average molecular weight is 1210 g/mol. The van der Waals surface area contributed by atoms with Crippen molar-refractivity contribution in [1.82, 2.24) is 0 Å². The Balaban J connectivity index is 5.23. The number of phosphoric ester groups is 2. The lowest BCUT2D eigenvalue weighted by Crippen LogP contribution is -2.30. The van der Waals surface area contributed by atoms with Gasteiger partial charge in [0.2, 0.25) is 0 Å². The number of hydrogen-bond donors (Lipinski definition) is 3. The van der Waals surface area contributed by atoms with Gasteiger partial charge in [-0.1, -0.05) is 260 Å². The highest BCUT2D eigenvalue weighted by molar-refractivity contribution is 7.47. The maximum Gasteiger partial charge on any atom is 0.472 e. The molecular formula is C63H122O17P2. The monoisotopic (exact) mass is 1210 g/mol.